The van der Waals surface area contributed by atoms with Crippen molar-refractivity contribution in [1.29, 1.82) is 0 Å². The summed E-state index contributed by atoms with van der Waals surface area (Å²) >= 11 is 3.46. The van der Waals surface area contributed by atoms with E-state index in [9.17, 15) is 0 Å². The first-order valence-electron chi connectivity index (χ1n) is 5.46. The number of halogens is 1. The van der Waals surface area contributed by atoms with Crippen LogP contribution in [0.2, 0.25) is 0 Å². The molecule has 1 aliphatic rings. The molecule has 0 heterocycles. The predicted octanol–water partition coefficient (Wildman–Crippen LogP) is 3.63. The van der Waals surface area contributed by atoms with E-state index in [0.717, 1.165) is 21.8 Å². The van der Waals surface area contributed by atoms with Crippen LogP contribution < -0.4 is 11.1 Å². The molecule has 0 amide bonds. The Morgan fingerprint density at radius 1 is 1.40 bits per heavy atom. The third-order valence-electron chi connectivity index (χ3n) is 3.07. The average Bonchev–Trinajstić information content (AvgIpc) is 2.58. The second kappa shape index (κ2) is 4.44. The molecule has 1 fully saturated rings. The molecular weight excluding hydrogens is 252 g/mol. The predicted molar refractivity (Wildman–Crippen MR) is 69.0 cm³/mol. The summed E-state index contributed by atoms with van der Waals surface area (Å²) in [4.78, 5) is 0. The summed E-state index contributed by atoms with van der Waals surface area (Å²) in [5.41, 5.74) is 7.81. The molecule has 1 aromatic carbocycles. The highest BCUT2D eigenvalue weighted by Crippen LogP contribution is 2.30. The van der Waals surface area contributed by atoms with Crippen molar-refractivity contribution in [3.63, 3.8) is 0 Å². The Kier molecular flexibility index (Phi) is 3.19. The summed E-state index contributed by atoms with van der Waals surface area (Å²) in [5, 5.41) is 3.53. The van der Waals surface area contributed by atoms with E-state index in [0.29, 0.717) is 6.04 Å². The summed E-state index contributed by atoms with van der Waals surface area (Å²) in [5.74, 6) is 0.843. The fraction of sp³-hybridized carbons (Fsp3) is 0.500. The molecule has 0 aromatic heterocycles. The maximum atomic E-state index is 5.92. The molecular formula is C12H17BrN2. The minimum absolute atomic E-state index is 0.594. The van der Waals surface area contributed by atoms with Crippen molar-refractivity contribution in [3.05, 3.63) is 22.7 Å². The van der Waals surface area contributed by atoms with Crippen LogP contribution >= 0.6 is 15.9 Å². The number of benzene rings is 1. The molecule has 1 saturated carbocycles. The number of rotatable bonds is 2. The van der Waals surface area contributed by atoms with Gasteiger partial charge in [-0.1, -0.05) is 22.9 Å². The van der Waals surface area contributed by atoms with Crippen molar-refractivity contribution in [2.45, 2.75) is 32.2 Å². The molecule has 2 atom stereocenters. The Hall–Kier alpha value is -0.700. The van der Waals surface area contributed by atoms with E-state index >= 15 is 0 Å². The molecule has 2 nitrogen and oxygen atoms in total. The molecule has 15 heavy (non-hydrogen) atoms. The van der Waals surface area contributed by atoms with Gasteiger partial charge in [-0.3, -0.25) is 0 Å². The van der Waals surface area contributed by atoms with Gasteiger partial charge in [-0.25, -0.2) is 0 Å². The zero-order chi connectivity index (χ0) is 10.8. The molecule has 0 radical (unpaired) electrons. The Bertz CT molecular complexity index is 351. The Morgan fingerprint density at radius 2 is 2.20 bits per heavy atom. The van der Waals surface area contributed by atoms with Crippen LogP contribution in [-0.4, -0.2) is 6.04 Å². The second-order valence-corrected chi connectivity index (χ2v) is 5.41. The quantitative estimate of drug-likeness (QED) is 0.804. The van der Waals surface area contributed by atoms with Crippen LogP contribution in [0.25, 0.3) is 0 Å². The topological polar surface area (TPSA) is 38.0 Å². The van der Waals surface area contributed by atoms with Crippen molar-refractivity contribution in [2.75, 3.05) is 11.1 Å². The van der Waals surface area contributed by atoms with Gasteiger partial charge in [0.25, 0.3) is 0 Å². The fourth-order valence-corrected chi connectivity index (χ4v) is 2.57. The summed E-state index contributed by atoms with van der Waals surface area (Å²) in [6.07, 6.45) is 3.84. The van der Waals surface area contributed by atoms with Crippen LogP contribution in [0, 0.1) is 5.92 Å². The Balaban J connectivity index is 2.07. The van der Waals surface area contributed by atoms with Crippen LogP contribution in [0.4, 0.5) is 11.4 Å². The first-order valence-corrected chi connectivity index (χ1v) is 6.26. The SMILES string of the molecule is CC1CCC(Nc2cc(Br)ccc2N)C1. The second-order valence-electron chi connectivity index (χ2n) is 4.49. The highest BCUT2D eigenvalue weighted by Gasteiger charge is 2.21. The fourth-order valence-electron chi connectivity index (χ4n) is 2.21. The number of nitrogens with one attached hydrogen (secondary N) is 1. The minimum Gasteiger partial charge on any atom is -0.397 e. The monoisotopic (exact) mass is 268 g/mol. The molecule has 2 unspecified atom stereocenters. The van der Waals surface area contributed by atoms with Gasteiger partial charge in [0.15, 0.2) is 0 Å². The van der Waals surface area contributed by atoms with E-state index in [2.05, 4.69) is 34.2 Å². The lowest BCUT2D eigenvalue weighted by Gasteiger charge is -2.16. The van der Waals surface area contributed by atoms with Crippen LogP contribution in [0.5, 0.6) is 0 Å². The third kappa shape index (κ3) is 2.65. The van der Waals surface area contributed by atoms with Crippen LogP contribution in [0.15, 0.2) is 22.7 Å². The van der Waals surface area contributed by atoms with E-state index in [4.69, 9.17) is 5.73 Å². The van der Waals surface area contributed by atoms with Gasteiger partial charge in [-0.05, 0) is 43.4 Å². The van der Waals surface area contributed by atoms with Crippen LogP contribution in [0.1, 0.15) is 26.2 Å². The molecule has 82 valence electrons. The summed E-state index contributed by atoms with van der Waals surface area (Å²) < 4.78 is 1.07. The Morgan fingerprint density at radius 3 is 2.87 bits per heavy atom. The van der Waals surface area contributed by atoms with Gasteiger partial charge >= 0.3 is 0 Å². The first-order chi connectivity index (χ1) is 7.15. The van der Waals surface area contributed by atoms with E-state index in [-0.39, 0.29) is 0 Å². The number of hydrogen-bond donors (Lipinski definition) is 2. The lowest BCUT2D eigenvalue weighted by Crippen LogP contribution is -2.16. The van der Waals surface area contributed by atoms with Crippen molar-refractivity contribution >= 4 is 27.3 Å². The maximum absolute atomic E-state index is 5.92. The summed E-state index contributed by atoms with van der Waals surface area (Å²) in [6.45, 7) is 2.31. The molecule has 0 aliphatic heterocycles. The lowest BCUT2D eigenvalue weighted by atomic mass is 10.1. The largest absolute Gasteiger partial charge is 0.397 e. The Labute approximate surface area is 99.4 Å². The highest BCUT2D eigenvalue weighted by molar-refractivity contribution is 9.10. The number of hydrogen-bond acceptors (Lipinski definition) is 2. The first kappa shape index (κ1) is 10.8. The maximum Gasteiger partial charge on any atom is 0.0587 e. The normalized spacial score (nSPS) is 25.5. The van der Waals surface area contributed by atoms with E-state index in [1.807, 2.05) is 12.1 Å². The van der Waals surface area contributed by atoms with E-state index in [1.165, 1.54) is 19.3 Å². The number of nitrogen functional groups attached to an aromatic ring is 1. The standard InChI is InChI=1S/C12H17BrN2/c1-8-2-4-10(6-8)15-12-7-9(13)3-5-11(12)14/h3,5,7-8,10,15H,2,4,6,14H2,1H3. The van der Waals surface area contributed by atoms with Gasteiger partial charge in [0.2, 0.25) is 0 Å². The average molecular weight is 269 g/mol. The summed E-state index contributed by atoms with van der Waals surface area (Å²) in [7, 11) is 0. The van der Waals surface area contributed by atoms with Gasteiger partial charge in [-0.15, -0.1) is 0 Å². The zero-order valence-electron chi connectivity index (χ0n) is 8.96. The van der Waals surface area contributed by atoms with Crippen molar-refractivity contribution in [2.24, 2.45) is 5.92 Å². The molecule has 2 rings (SSSR count). The van der Waals surface area contributed by atoms with Crippen LogP contribution in [-0.2, 0) is 0 Å². The van der Waals surface area contributed by atoms with Crippen molar-refractivity contribution < 1.29 is 0 Å². The van der Waals surface area contributed by atoms with E-state index in [1.54, 1.807) is 0 Å². The molecule has 3 N–H and O–H groups in total. The van der Waals surface area contributed by atoms with Gasteiger partial charge in [0.1, 0.15) is 0 Å². The molecule has 0 bridgehead atoms. The van der Waals surface area contributed by atoms with Crippen LogP contribution in [0.3, 0.4) is 0 Å². The van der Waals surface area contributed by atoms with Gasteiger partial charge in [-0.2, -0.15) is 0 Å². The molecule has 1 aromatic rings. The van der Waals surface area contributed by atoms with Gasteiger partial charge in [0, 0.05) is 10.5 Å². The molecule has 1 aliphatic carbocycles. The molecule has 0 saturated heterocycles. The molecule has 3 heteroatoms. The van der Waals surface area contributed by atoms with E-state index < -0.39 is 0 Å². The highest BCUT2D eigenvalue weighted by atomic mass is 79.9. The number of nitrogens with two attached hydrogens (primary N) is 1. The minimum atomic E-state index is 0.594. The number of anilines is 2. The van der Waals surface area contributed by atoms with Gasteiger partial charge in [0.05, 0.1) is 11.4 Å². The van der Waals surface area contributed by atoms with Gasteiger partial charge < -0.3 is 11.1 Å². The van der Waals surface area contributed by atoms with Crippen molar-refractivity contribution in [3.8, 4) is 0 Å². The zero-order valence-corrected chi connectivity index (χ0v) is 10.5. The lowest BCUT2D eigenvalue weighted by molar-refractivity contribution is 0.602. The molecule has 0 spiro atoms. The summed E-state index contributed by atoms with van der Waals surface area (Å²) in [6, 6.07) is 6.55. The third-order valence-corrected chi connectivity index (χ3v) is 3.56. The smallest absolute Gasteiger partial charge is 0.0587 e. The van der Waals surface area contributed by atoms with Crippen molar-refractivity contribution in [1.82, 2.24) is 0 Å².